The summed E-state index contributed by atoms with van der Waals surface area (Å²) in [5, 5.41) is 17.8. The Morgan fingerprint density at radius 1 is 1.35 bits per heavy atom. The van der Waals surface area contributed by atoms with Gasteiger partial charge in [0.05, 0.1) is 11.3 Å². The van der Waals surface area contributed by atoms with E-state index in [-0.39, 0.29) is 24.6 Å². The van der Waals surface area contributed by atoms with Crippen LogP contribution in [-0.2, 0) is 9.59 Å². The average molecular weight is 309 g/mol. The first-order chi connectivity index (χ1) is 9.47. The molecule has 2 N–H and O–H groups in total. The van der Waals surface area contributed by atoms with Crippen LogP contribution in [-0.4, -0.2) is 37.9 Å². The van der Waals surface area contributed by atoms with E-state index in [2.05, 4.69) is 0 Å². The van der Waals surface area contributed by atoms with Crippen LogP contribution in [0.15, 0.2) is 29.2 Å². The first-order valence-electron chi connectivity index (χ1n) is 5.73. The van der Waals surface area contributed by atoms with Crippen LogP contribution in [0.4, 0.5) is 0 Å². The third-order valence-electron chi connectivity index (χ3n) is 2.61. The lowest BCUT2D eigenvalue weighted by atomic mass is 10.2. The summed E-state index contributed by atoms with van der Waals surface area (Å²) in [5.74, 6) is -1.10. The average Bonchev–Trinajstić information content (AvgIpc) is 2.65. The standard InChI is InChI=1S/C13H11NO4S2/c15-9-3-1-8(2-4-9)7-10-12(18)14(13(19)20-10)6-5-11(16)17/h1-4,7,15H,5-6H2,(H,16,17)/b10-7+. The number of benzene rings is 1. The molecule has 0 saturated carbocycles. The zero-order valence-corrected chi connectivity index (χ0v) is 11.9. The Morgan fingerprint density at radius 3 is 2.60 bits per heavy atom. The first kappa shape index (κ1) is 14.5. The van der Waals surface area contributed by atoms with Gasteiger partial charge in [-0.2, -0.15) is 0 Å². The molecule has 0 aliphatic carbocycles. The van der Waals surface area contributed by atoms with E-state index in [1.807, 2.05) is 0 Å². The number of aliphatic carboxylic acids is 1. The number of amides is 1. The smallest absolute Gasteiger partial charge is 0.305 e. The molecule has 5 nitrogen and oxygen atoms in total. The van der Waals surface area contributed by atoms with Gasteiger partial charge in [0.25, 0.3) is 5.91 Å². The Morgan fingerprint density at radius 2 is 2.00 bits per heavy atom. The molecular formula is C13H11NO4S2. The van der Waals surface area contributed by atoms with Crippen molar-refractivity contribution < 1.29 is 19.8 Å². The quantitative estimate of drug-likeness (QED) is 0.655. The van der Waals surface area contributed by atoms with Gasteiger partial charge >= 0.3 is 5.97 Å². The molecule has 1 amide bonds. The molecule has 0 radical (unpaired) electrons. The van der Waals surface area contributed by atoms with Gasteiger partial charge in [0, 0.05) is 6.54 Å². The number of carbonyl (C=O) groups is 2. The lowest BCUT2D eigenvalue weighted by Crippen LogP contribution is -2.30. The van der Waals surface area contributed by atoms with Crippen molar-refractivity contribution in [3.8, 4) is 5.75 Å². The van der Waals surface area contributed by atoms with Crippen LogP contribution in [0.3, 0.4) is 0 Å². The molecule has 1 heterocycles. The number of hydrogen-bond donors (Lipinski definition) is 2. The van der Waals surface area contributed by atoms with Gasteiger partial charge in [-0.1, -0.05) is 36.1 Å². The van der Waals surface area contributed by atoms with Crippen LogP contribution in [0.5, 0.6) is 5.75 Å². The number of phenolic OH excluding ortho intramolecular Hbond substituents is 1. The Bertz CT molecular complexity index is 595. The number of hydrogen-bond acceptors (Lipinski definition) is 5. The van der Waals surface area contributed by atoms with Crippen molar-refractivity contribution in [3.63, 3.8) is 0 Å². The molecule has 0 spiro atoms. The Labute approximate surface area is 124 Å². The Hall–Kier alpha value is -1.86. The maximum absolute atomic E-state index is 12.1. The van der Waals surface area contributed by atoms with Crippen molar-refractivity contribution in [3.05, 3.63) is 34.7 Å². The minimum absolute atomic E-state index is 0.0763. The normalized spacial score (nSPS) is 17.0. The second kappa shape index (κ2) is 6.06. The van der Waals surface area contributed by atoms with E-state index in [9.17, 15) is 14.7 Å². The van der Waals surface area contributed by atoms with E-state index in [0.29, 0.717) is 9.23 Å². The molecule has 1 aliphatic heterocycles. The summed E-state index contributed by atoms with van der Waals surface area (Å²) in [7, 11) is 0. The number of carboxylic acid groups (broad SMARTS) is 1. The van der Waals surface area contributed by atoms with Crippen molar-refractivity contribution >= 4 is 46.3 Å². The summed E-state index contributed by atoms with van der Waals surface area (Å²) < 4.78 is 0.362. The van der Waals surface area contributed by atoms with E-state index in [4.69, 9.17) is 17.3 Å². The molecule has 20 heavy (non-hydrogen) atoms. The monoisotopic (exact) mass is 309 g/mol. The highest BCUT2D eigenvalue weighted by Crippen LogP contribution is 2.32. The lowest BCUT2D eigenvalue weighted by molar-refractivity contribution is -0.137. The fourth-order valence-electron chi connectivity index (χ4n) is 1.62. The number of carbonyl (C=O) groups excluding carboxylic acids is 1. The highest BCUT2D eigenvalue weighted by Gasteiger charge is 2.31. The number of thioether (sulfide) groups is 1. The molecule has 0 unspecified atom stereocenters. The predicted octanol–water partition coefficient (Wildman–Crippen LogP) is 2.07. The van der Waals surface area contributed by atoms with Gasteiger partial charge in [0.15, 0.2) is 0 Å². The summed E-state index contributed by atoms with van der Waals surface area (Å²) in [6, 6.07) is 6.41. The Balaban J connectivity index is 2.14. The maximum Gasteiger partial charge on any atom is 0.305 e. The van der Waals surface area contributed by atoms with Crippen LogP contribution in [0.2, 0.25) is 0 Å². The van der Waals surface area contributed by atoms with Crippen LogP contribution < -0.4 is 0 Å². The summed E-state index contributed by atoms with van der Waals surface area (Å²) in [6.45, 7) is 0.0763. The van der Waals surface area contributed by atoms with E-state index in [1.165, 1.54) is 17.0 Å². The second-order valence-corrected chi connectivity index (χ2v) is 5.74. The fourth-order valence-corrected chi connectivity index (χ4v) is 2.93. The topological polar surface area (TPSA) is 77.8 Å². The second-order valence-electron chi connectivity index (χ2n) is 4.07. The number of phenols is 1. The van der Waals surface area contributed by atoms with Crippen LogP contribution in [0.25, 0.3) is 6.08 Å². The highest BCUT2D eigenvalue weighted by atomic mass is 32.2. The first-order valence-corrected chi connectivity index (χ1v) is 6.96. The summed E-state index contributed by atoms with van der Waals surface area (Å²) in [4.78, 5) is 24.4. The highest BCUT2D eigenvalue weighted by molar-refractivity contribution is 8.26. The number of thiocarbonyl (C=S) groups is 1. The zero-order valence-electron chi connectivity index (χ0n) is 10.3. The summed E-state index contributed by atoms with van der Waals surface area (Å²) in [5.41, 5.74) is 0.765. The molecule has 2 rings (SSSR count). The molecule has 0 aromatic heterocycles. The SMILES string of the molecule is O=C(O)CCN1C(=O)/C(=C\c2ccc(O)cc2)SC1=S. The van der Waals surface area contributed by atoms with Crippen molar-refractivity contribution in [2.75, 3.05) is 6.54 Å². The molecule has 104 valence electrons. The van der Waals surface area contributed by atoms with E-state index in [0.717, 1.165) is 17.3 Å². The van der Waals surface area contributed by atoms with Crippen molar-refractivity contribution in [1.29, 1.82) is 0 Å². The minimum atomic E-state index is -0.971. The van der Waals surface area contributed by atoms with Crippen molar-refractivity contribution in [2.45, 2.75) is 6.42 Å². The molecule has 0 bridgehead atoms. The molecule has 1 aliphatic rings. The molecule has 1 aromatic rings. The lowest BCUT2D eigenvalue weighted by Gasteiger charge is -2.12. The molecular weight excluding hydrogens is 298 g/mol. The third kappa shape index (κ3) is 3.37. The van der Waals surface area contributed by atoms with Gasteiger partial charge in [-0.05, 0) is 23.8 Å². The maximum atomic E-state index is 12.1. The molecule has 7 heteroatoms. The fraction of sp³-hybridized carbons (Fsp3) is 0.154. The molecule has 0 atom stereocenters. The summed E-state index contributed by atoms with van der Waals surface area (Å²) >= 11 is 6.22. The third-order valence-corrected chi connectivity index (χ3v) is 3.99. The molecule has 1 fully saturated rings. The van der Waals surface area contributed by atoms with Crippen LogP contribution in [0, 0.1) is 0 Å². The largest absolute Gasteiger partial charge is 0.508 e. The zero-order chi connectivity index (χ0) is 14.7. The number of carboxylic acids is 1. The molecule has 1 aromatic carbocycles. The van der Waals surface area contributed by atoms with Gasteiger partial charge in [0.1, 0.15) is 10.1 Å². The predicted molar refractivity (Wildman–Crippen MR) is 80.2 cm³/mol. The van der Waals surface area contributed by atoms with E-state index >= 15 is 0 Å². The van der Waals surface area contributed by atoms with Gasteiger partial charge in [-0.25, -0.2) is 0 Å². The van der Waals surface area contributed by atoms with Gasteiger partial charge in [-0.3, -0.25) is 14.5 Å². The Kier molecular flexibility index (Phi) is 4.41. The molecule has 1 saturated heterocycles. The van der Waals surface area contributed by atoms with Gasteiger partial charge in [-0.15, -0.1) is 0 Å². The van der Waals surface area contributed by atoms with Gasteiger partial charge in [0.2, 0.25) is 0 Å². The number of aromatic hydroxyl groups is 1. The van der Waals surface area contributed by atoms with Crippen LogP contribution in [0.1, 0.15) is 12.0 Å². The van der Waals surface area contributed by atoms with Crippen LogP contribution >= 0.6 is 24.0 Å². The number of rotatable bonds is 4. The van der Waals surface area contributed by atoms with E-state index in [1.54, 1.807) is 18.2 Å². The van der Waals surface area contributed by atoms with Crippen molar-refractivity contribution in [2.24, 2.45) is 0 Å². The summed E-state index contributed by atoms with van der Waals surface area (Å²) in [6.07, 6.45) is 1.53. The van der Waals surface area contributed by atoms with Gasteiger partial charge < -0.3 is 10.2 Å². The van der Waals surface area contributed by atoms with E-state index < -0.39 is 5.97 Å². The van der Waals surface area contributed by atoms with Crippen molar-refractivity contribution in [1.82, 2.24) is 4.90 Å². The number of nitrogens with zero attached hydrogens (tertiary/aromatic N) is 1. The minimum Gasteiger partial charge on any atom is -0.508 e.